The van der Waals surface area contributed by atoms with Crippen LogP contribution in [0.3, 0.4) is 0 Å². The van der Waals surface area contributed by atoms with Crippen molar-refractivity contribution in [1.82, 2.24) is 19.9 Å². The molecule has 0 unspecified atom stereocenters. The molecule has 2 fully saturated rings. The van der Waals surface area contributed by atoms with E-state index in [0.29, 0.717) is 55.2 Å². The van der Waals surface area contributed by atoms with Gasteiger partial charge in [0.1, 0.15) is 5.75 Å². The summed E-state index contributed by atoms with van der Waals surface area (Å²) in [5.74, 6) is 2.22. The first-order valence-corrected chi connectivity index (χ1v) is 9.68. The van der Waals surface area contributed by atoms with Crippen molar-refractivity contribution >= 4 is 11.7 Å². The van der Waals surface area contributed by atoms with Crippen molar-refractivity contribution in [1.29, 1.82) is 0 Å². The number of nitrogens with zero attached hydrogens (tertiary/aromatic N) is 4. The Balaban J connectivity index is 1.22. The molecule has 1 saturated carbocycles. The fourth-order valence-corrected chi connectivity index (χ4v) is 3.14. The summed E-state index contributed by atoms with van der Waals surface area (Å²) >= 11 is 0. The van der Waals surface area contributed by atoms with Gasteiger partial charge in [-0.05, 0) is 37.1 Å². The minimum absolute atomic E-state index is 0.213. The number of benzene rings is 1. The van der Waals surface area contributed by atoms with Gasteiger partial charge >= 0.3 is 6.03 Å². The molecule has 1 aliphatic heterocycles. The molecular weight excluding hydrogens is 384 g/mol. The standard InChI is InChI=1S/C19H23F2N5O3/c20-16(21)11-25-7-9-26(10-8-25)19(27)22-14-3-5-15(6-4-14)28-12-17-23-18(29-24-17)13-1-2-13/h3-6,13,16H,1-2,7-12H2,(H,22,27). The van der Waals surface area contributed by atoms with Crippen LogP contribution in [0.2, 0.25) is 0 Å². The summed E-state index contributed by atoms with van der Waals surface area (Å²) in [5.41, 5.74) is 0.632. The smallest absolute Gasteiger partial charge is 0.321 e. The zero-order chi connectivity index (χ0) is 20.2. The van der Waals surface area contributed by atoms with Crippen molar-refractivity contribution in [3.05, 3.63) is 36.0 Å². The largest absolute Gasteiger partial charge is 0.485 e. The molecule has 1 aliphatic carbocycles. The van der Waals surface area contributed by atoms with Gasteiger partial charge in [-0.2, -0.15) is 4.98 Å². The fraction of sp³-hybridized carbons (Fsp3) is 0.526. The highest BCUT2D eigenvalue weighted by molar-refractivity contribution is 5.89. The third-order valence-electron chi connectivity index (χ3n) is 4.94. The van der Waals surface area contributed by atoms with Crippen molar-refractivity contribution in [2.24, 2.45) is 0 Å². The molecule has 1 saturated heterocycles. The van der Waals surface area contributed by atoms with E-state index in [0.717, 1.165) is 12.8 Å². The Hall–Kier alpha value is -2.75. The molecule has 1 aromatic heterocycles. The van der Waals surface area contributed by atoms with Gasteiger partial charge in [-0.3, -0.25) is 4.90 Å². The molecule has 2 amide bonds. The number of anilines is 1. The summed E-state index contributed by atoms with van der Waals surface area (Å²) in [6, 6.07) is 6.74. The zero-order valence-electron chi connectivity index (χ0n) is 15.9. The molecule has 2 aliphatic rings. The fourth-order valence-electron chi connectivity index (χ4n) is 3.14. The molecule has 2 aromatic rings. The van der Waals surface area contributed by atoms with E-state index in [-0.39, 0.29) is 19.2 Å². The Morgan fingerprint density at radius 3 is 2.59 bits per heavy atom. The SMILES string of the molecule is O=C(Nc1ccc(OCc2noc(C3CC3)n2)cc1)N1CCN(CC(F)F)CC1. The van der Waals surface area contributed by atoms with E-state index in [1.54, 1.807) is 34.1 Å². The molecule has 29 heavy (non-hydrogen) atoms. The van der Waals surface area contributed by atoms with Crippen molar-refractivity contribution in [2.45, 2.75) is 31.8 Å². The average molecular weight is 407 g/mol. The number of aromatic nitrogens is 2. The monoisotopic (exact) mass is 407 g/mol. The van der Waals surface area contributed by atoms with Crippen LogP contribution in [0.4, 0.5) is 19.3 Å². The quantitative estimate of drug-likeness (QED) is 0.760. The minimum atomic E-state index is -2.35. The maximum Gasteiger partial charge on any atom is 0.321 e. The molecule has 1 N–H and O–H groups in total. The van der Waals surface area contributed by atoms with Crippen molar-refractivity contribution in [2.75, 3.05) is 38.0 Å². The molecule has 0 atom stereocenters. The number of ether oxygens (including phenoxy) is 1. The molecule has 8 nitrogen and oxygen atoms in total. The Labute approximate surface area is 166 Å². The normalized spacial score (nSPS) is 17.6. The number of carbonyl (C=O) groups is 1. The maximum atomic E-state index is 12.4. The van der Waals surface area contributed by atoms with E-state index in [1.165, 1.54) is 0 Å². The highest BCUT2D eigenvalue weighted by Gasteiger charge is 2.29. The molecule has 1 aromatic carbocycles. The van der Waals surface area contributed by atoms with E-state index >= 15 is 0 Å². The summed E-state index contributed by atoms with van der Waals surface area (Å²) in [7, 11) is 0. The third kappa shape index (κ3) is 5.41. The van der Waals surface area contributed by atoms with Crippen molar-refractivity contribution in [3.8, 4) is 5.75 Å². The topological polar surface area (TPSA) is 83.7 Å². The summed E-state index contributed by atoms with van der Waals surface area (Å²) in [4.78, 5) is 19.9. The van der Waals surface area contributed by atoms with Gasteiger partial charge in [0.2, 0.25) is 11.7 Å². The second kappa shape index (κ2) is 8.73. The minimum Gasteiger partial charge on any atom is -0.485 e. The first kappa shape index (κ1) is 19.6. The Kier molecular flexibility index (Phi) is 5.89. The van der Waals surface area contributed by atoms with Crippen LogP contribution < -0.4 is 10.1 Å². The lowest BCUT2D eigenvalue weighted by Crippen LogP contribution is -2.50. The number of hydrogen-bond donors (Lipinski definition) is 1. The Morgan fingerprint density at radius 2 is 1.93 bits per heavy atom. The number of alkyl halides is 2. The van der Waals surface area contributed by atoms with E-state index < -0.39 is 6.43 Å². The molecular formula is C19H23F2N5O3. The van der Waals surface area contributed by atoms with E-state index in [1.807, 2.05) is 0 Å². The lowest BCUT2D eigenvalue weighted by atomic mass is 10.3. The van der Waals surface area contributed by atoms with Crippen molar-refractivity contribution < 1.29 is 22.8 Å². The molecule has 156 valence electrons. The second-order valence-electron chi connectivity index (χ2n) is 7.25. The van der Waals surface area contributed by atoms with Crippen LogP contribution in [0.1, 0.15) is 30.5 Å². The number of urea groups is 1. The maximum absolute atomic E-state index is 12.4. The van der Waals surface area contributed by atoms with Crippen LogP contribution in [0, 0.1) is 0 Å². The molecule has 4 rings (SSSR count). The first-order chi connectivity index (χ1) is 14.1. The predicted molar refractivity (Wildman–Crippen MR) is 100 cm³/mol. The zero-order valence-corrected chi connectivity index (χ0v) is 15.9. The summed E-state index contributed by atoms with van der Waals surface area (Å²) in [5, 5.41) is 6.72. The molecule has 10 heteroatoms. The average Bonchev–Trinajstić information content (AvgIpc) is 3.46. The molecule has 0 spiro atoms. The number of nitrogens with one attached hydrogen (secondary N) is 1. The number of piperazine rings is 1. The lowest BCUT2D eigenvalue weighted by molar-refractivity contribution is 0.0651. The number of rotatable bonds is 7. The van der Waals surface area contributed by atoms with Gasteiger partial charge in [-0.25, -0.2) is 13.6 Å². The summed E-state index contributed by atoms with van der Waals surface area (Å²) < 4.78 is 35.7. The lowest BCUT2D eigenvalue weighted by Gasteiger charge is -2.34. The van der Waals surface area contributed by atoms with Crippen LogP contribution in [-0.2, 0) is 6.61 Å². The van der Waals surface area contributed by atoms with Gasteiger partial charge in [-0.15, -0.1) is 0 Å². The van der Waals surface area contributed by atoms with Crippen LogP contribution in [-0.4, -0.2) is 65.1 Å². The van der Waals surface area contributed by atoms with Gasteiger partial charge in [0.15, 0.2) is 6.61 Å². The summed E-state index contributed by atoms with van der Waals surface area (Å²) in [6.45, 7) is 1.71. The second-order valence-corrected chi connectivity index (χ2v) is 7.25. The van der Waals surface area contributed by atoms with E-state index in [4.69, 9.17) is 9.26 Å². The summed E-state index contributed by atoms with van der Waals surface area (Å²) in [6.07, 6.45) is -0.154. The Bertz CT molecular complexity index is 818. The highest BCUT2D eigenvalue weighted by atomic mass is 19.3. The predicted octanol–water partition coefficient (Wildman–Crippen LogP) is 2.94. The van der Waals surface area contributed by atoms with Crippen molar-refractivity contribution in [3.63, 3.8) is 0 Å². The van der Waals surface area contributed by atoms with Gasteiger partial charge in [0, 0.05) is 37.8 Å². The van der Waals surface area contributed by atoms with Crippen LogP contribution in [0.25, 0.3) is 0 Å². The van der Waals surface area contributed by atoms with E-state index in [9.17, 15) is 13.6 Å². The first-order valence-electron chi connectivity index (χ1n) is 9.68. The van der Waals surface area contributed by atoms with E-state index in [2.05, 4.69) is 15.5 Å². The molecule has 0 radical (unpaired) electrons. The number of amides is 2. The number of halogens is 2. The molecule has 0 bridgehead atoms. The number of hydrogen-bond acceptors (Lipinski definition) is 6. The van der Waals surface area contributed by atoms with Gasteiger partial charge in [0.05, 0.1) is 6.54 Å². The highest BCUT2D eigenvalue weighted by Crippen LogP contribution is 2.38. The Morgan fingerprint density at radius 1 is 1.21 bits per heavy atom. The third-order valence-corrected chi connectivity index (χ3v) is 4.94. The van der Waals surface area contributed by atoms with Crippen LogP contribution in [0.5, 0.6) is 5.75 Å². The number of carbonyl (C=O) groups excluding carboxylic acids is 1. The molecule has 2 heterocycles. The van der Waals surface area contributed by atoms with Crippen LogP contribution >= 0.6 is 0 Å². The van der Waals surface area contributed by atoms with Crippen LogP contribution in [0.15, 0.2) is 28.8 Å². The van der Waals surface area contributed by atoms with Gasteiger partial charge in [-0.1, -0.05) is 5.16 Å². The van der Waals surface area contributed by atoms with Gasteiger partial charge < -0.3 is 19.5 Å². The van der Waals surface area contributed by atoms with Gasteiger partial charge in [0.25, 0.3) is 6.43 Å².